The molecule has 8 nitrogen and oxygen atoms in total. The van der Waals surface area contributed by atoms with Crippen molar-refractivity contribution < 1.29 is 9.72 Å². The number of nitro benzene ring substituents is 1. The van der Waals surface area contributed by atoms with Gasteiger partial charge in [-0.3, -0.25) is 14.9 Å². The number of halogens is 1. The third-order valence-electron chi connectivity index (χ3n) is 4.63. The van der Waals surface area contributed by atoms with E-state index in [1.54, 1.807) is 30.4 Å². The number of rotatable bonds is 5. The highest BCUT2D eigenvalue weighted by molar-refractivity contribution is 6.31. The molecule has 1 aromatic heterocycles. The van der Waals surface area contributed by atoms with E-state index in [9.17, 15) is 14.9 Å². The van der Waals surface area contributed by atoms with Gasteiger partial charge in [-0.1, -0.05) is 11.6 Å². The van der Waals surface area contributed by atoms with Gasteiger partial charge >= 0.3 is 0 Å². The Morgan fingerprint density at radius 3 is 2.85 bits per heavy atom. The van der Waals surface area contributed by atoms with Crippen LogP contribution < -0.4 is 4.90 Å². The van der Waals surface area contributed by atoms with E-state index in [0.29, 0.717) is 23.1 Å². The number of nitrogens with zero attached hydrogens (tertiary/aromatic N) is 5. The topological polar surface area (TPSA) is 92.5 Å². The summed E-state index contributed by atoms with van der Waals surface area (Å²) in [4.78, 5) is 35.5. The zero-order chi connectivity index (χ0) is 19.4. The third-order valence-corrected chi connectivity index (χ3v) is 5.00. The molecule has 1 fully saturated rings. The van der Waals surface area contributed by atoms with Crippen LogP contribution in [0.25, 0.3) is 0 Å². The van der Waals surface area contributed by atoms with E-state index in [1.165, 1.54) is 18.2 Å². The number of carbonyl (C=O) groups excluding carboxylic acids is 1. The summed E-state index contributed by atoms with van der Waals surface area (Å²) in [5.41, 5.74) is 0.515. The molecule has 0 saturated carbocycles. The maximum absolute atomic E-state index is 12.9. The summed E-state index contributed by atoms with van der Waals surface area (Å²) < 4.78 is 0. The van der Waals surface area contributed by atoms with Gasteiger partial charge in [0.05, 0.1) is 10.8 Å². The van der Waals surface area contributed by atoms with E-state index >= 15 is 0 Å². The fourth-order valence-electron chi connectivity index (χ4n) is 3.26. The molecule has 0 N–H and O–H groups in total. The first kappa shape index (κ1) is 19.0. The summed E-state index contributed by atoms with van der Waals surface area (Å²) in [5.74, 6) is 0.433. The predicted octanol–water partition coefficient (Wildman–Crippen LogP) is 2.91. The molecule has 2 heterocycles. The largest absolute Gasteiger partial charge is 0.341 e. The third kappa shape index (κ3) is 4.51. The molecule has 0 spiro atoms. The van der Waals surface area contributed by atoms with Gasteiger partial charge in [0.2, 0.25) is 11.9 Å². The summed E-state index contributed by atoms with van der Waals surface area (Å²) >= 11 is 6.15. The Labute approximate surface area is 161 Å². The first-order chi connectivity index (χ1) is 13.0. The molecule has 9 heteroatoms. The van der Waals surface area contributed by atoms with Gasteiger partial charge in [0.25, 0.3) is 5.69 Å². The second kappa shape index (κ2) is 8.30. The van der Waals surface area contributed by atoms with Crippen molar-refractivity contribution in [2.75, 3.05) is 25.0 Å². The summed E-state index contributed by atoms with van der Waals surface area (Å²) in [7, 11) is 1.69. The lowest BCUT2D eigenvalue weighted by atomic mass is 9.96. The van der Waals surface area contributed by atoms with Crippen LogP contribution >= 0.6 is 11.6 Å². The molecule has 2 aromatic rings. The van der Waals surface area contributed by atoms with Crippen LogP contribution in [-0.4, -0.2) is 45.8 Å². The minimum atomic E-state index is -0.472. The predicted molar refractivity (Wildman–Crippen MR) is 102 cm³/mol. The van der Waals surface area contributed by atoms with Gasteiger partial charge in [-0.15, -0.1) is 0 Å². The number of piperidine rings is 1. The summed E-state index contributed by atoms with van der Waals surface area (Å²) in [5, 5.41) is 11.4. The van der Waals surface area contributed by atoms with Crippen molar-refractivity contribution in [3.8, 4) is 0 Å². The van der Waals surface area contributed by atoms with Crippen LogP contribution in [0.15, 0.2) is 36.7 Å². The second-order valence-electron chi connectivity index (χ2n) is 6.56. The van der Waals surface area contributed by atoms with Crippen molar-refractivity contribution in [3.63, 3.8) is 0 Å². The number of amides is 1. The fourth-order valence-corrected chi connectivity index (χ4v) is 3.43. The monoisotopic (exact) mass is 389 g/mol. The highest BCUT2D eigenvalue weighted by Crippen LogP contribution is 2.25. The first-order valence-electron chi connectivity index (χ1n) is 8.65. The Morgan fingerprint density at radius 1 is 1.41 bits per heavy atom. The minimum Gasteiger partial charge on any atom is -0.341 e. The average Bonchev–Trinajstić information content (AvgIpc) is 2.69. The Kier molecular flexibility index (Phi) is 5.85. The molecule has 1 aliphatic rings. The van der Waals surface area contributed by atoms with Crippen molar-refractivity contribution in [1.29, 1.82) is 0 Å². The van der Waals surface area contributed by atoms with Crippen molar-refractivity contribution in [3.05, 3.63) is 57.4 Å². The Balaban J connectivity index is 1.68. The van der Waals surface area contributed by atoms with Gasteiger partial charge < -0.3 is 9.80 Å². The smallest absolute Gasteiger partial charge is 0.269 e. The maximum Gasteiger partial charge on any atom is 0.269 e. The highest BCUT2D eigenvalue weighted by Gasteiger charge is 2.29. The van der Waals surface area contributed by atoms with Crippen LogP contribution in [0.1, 0.15) is 18.4 Å². The van der Waals surface area contributed by atoms with Crippen LogP contribution in [0.3, 0.4) is 0 Å². The quantitative estimate of drug-likeness (QED) is 0.576. The van der Waals surface area contributed by atoms with Gasteiger partial charge in [0, 0.05) is 56.2 Å². The molecule has 1 aliphatic heterocycles. The molecule has 1 saturated heterocycles. The summed E-state index contributed by atoms with van der Waals surface area (Å²) in [6.07, 6.45) is 5.03. The van der Waals surface area contributed by atoms with Crippen LogP contribution in [0, 0.1) is 16.0 Å². The standard InChI is InChI=1S/C18H20ClN5O3/c1-22(11-14-10-15(24(26)27)5-6-16(14)19)17(25)13-4-2-9-23(12-13)18-20-7-3-8-21-18/h3,5-8,10,13H,2,4,9,11-12H2,1H3. The van der Waals surface area contributed by atoms with E-state index in [0.717, 1.165) is 19.4 Å². The zero-order valence-corrected chi connectivity index (χ0v) is 15.7. The SMILES string of the molecule is CN(Cc1cc([N+](=O)[O-])ccc1Cl)C(=O)C1CCCN(c2ncccn2)C1. The molecule has 1 aromatic carbocycles. The van der Waals surface area contributed by atoms with Crippen LogP contribution in [0.2, 0.25) is 5.02 Å². The lowest BCUT2D eigenvalue weighted by Gasteiger charge is -2.34. The lowest BCUT2D eigenvalue weighted by Crippen LogP contribution is -2.44. The fraction of sp³-hybridized carbons (Fsp3) is 0.389. The van der Waals surface area contributed by atoms with Crippen molar-refractivity contribution in [2.45, 2.75) is 19.4 Å². The number of anilines is 1. The summed E-state index contributed by atoms with van der Waals surface area (Å²) in [6, 6.07) is 6.01. The number of hydrogen-bond acceptors (Lipinski definition) is 6. The van der Waals surface area contributed by atoms with Crippen LogP contribution in [-0.2, 0) is 11.3 Å². The number of aromatic nitrogens is 2. The molecule has 27 heavy (non-hydrogen) atoms. The molecule has 0 radical (unpaired) electrons. The molecule has 142 valence electrons. The van der Waals surface area contributed by atoms with Gasteiger partial charge in [-0.05, 0) is 30.5 Å². The van der Waals surface area contributed by atoms with Crippen molar-refractivity contribution in [2.24, 2.45) is 5.92 Å². The molecule has 1 unspecified atom stereocenters. The van der Waals surface area contributed by atoms with Gasteiger partial charge in [-0.25, -0.2) is 9.97 Å². The van der Waals surface area contributed by atoms with Crippen LogP contribution in [0.4, 0.5) is 11.6 Å². The average molecular weight is 390 g/mol. The zero-order valence-electron chi connectivity index (χ0n) is 14.9. The second-order valence-corrected chi connectivity index (χ2v) is 6.97. The van der Waals surface area contributed by atoms with E-state index in [2.05, 4.69) is 9.97 Å². The maximum atomic E-state index is 12.9. The van der Waals surface area contributed by atoms with Crippen LogP contribution in [0.5, 0.6) is 0 Å². The van der Waals surface area contributed by atoms with Crippen molar-refractivity contribution >= 4 is 29.1 Å². The number of benzene rings is 1. The Hall–Kier alpha value is -2.74. The molecule has 0 bridgehead atoms. The molecule has 3 rings (SSSR count). The first-order valence-corrected chi connectivity index (χ1v) is 9.03. The van der Waals surface area contributed by atoms with E-state index in [-0.39, 0.29) is 24.1 Å². The van der Waals surface area contributed by atoms with E-state index in [4.69, 9.17) is 11.6 Å². The number of hydrogen-bond donors (Lipinski definition) is 0. The molecule has 1 atom stereocenters. The number of nitro groups is 1. The molecular weight excluding hydrogens is 370 g/mol. The van der Waals surface area contributed by atoms with E-state index in [1.807, 2.05) is 4.90 Å². The van der Waals surface area contributed by atoms with Crippen molar-refractivity contribution in [1.82, 2.24) is 14.9 Å². The highest BCUT2D eigenvalue weighted by atomic mass is 35.5. The minimum absolute atomic E-state index is 0.0156. The van der Waals surface area contributed by atoms with Gasteiger partial charge in [0.15, 0.2) is 0 Å². The normalized spacial score (nSPS) is 16.8. The molecule has 1 amide bonds. The summed E-state index contributed by atoms with van der Waals surface area (Å²) in [6.45, 7) is 1.59. The molecular formula is C18H20ClN5O3. The Morgan fingerprint density at radius 2 is 2.15 bits per heavy atom. The van der Waals surface area contributed by atoms with Gasteiger partial charge in [0.1, 0.15) is 0 Å². The molecule has 0 aliphatic carbocycles. The Bertz CT molecular complexity index is 833. The van der Waals surface area contributed by atoms with Gasteiger partial charge in [-0.2, -0.15) is 0 Å². The number of carbonyl (C=O) groups is 1. The van der Waals surface area contributed by atoms with E-state index < -0.39 is 4.92 Å². The lowest BCUT2D eigenvalue weighted by molar-refractivity contribution is -0.384. The number of non-ortho nitro benzene ring substituents is 1.